The standard InChI is InChI=1S/C20H24N2O3/c1-15(23)4-7-18(14-16-5-10-19(24-2)11-6-16)22-21-17-8-12-20(25-3)13-9-17/h5-6,8-13,18H,4,7,14H2,1-3H3. The molecule has 0 aliphatic carbocycles. The number of nitrogens with zero attached hydrogens (tertiary/aromatic N) is 2. The Labute approximate surface area is 148 Å². The SMILES string of the molecule is COc1ccc(CC(CCC(C)=O)N=Nc2ccc(OC)cc2)cc1. The van der Waals surface area contributed by atoms with E-state index >= 15 is 0 Å². The van der Waals surface area contributed by atoms with Gasteiger partial charge in [0.25, 0.3) is 0 Å². The maximum atomic E-state index is 11.3. The zero-order chi connectivity index (χ0) is 18.1. The van der Waals surface area contributed by atoms with Crippen molar-refractivity contribution < 1.29 is 14.3 Å². The van der Waals surface area contributed by atoms with Crippen LogP contribution >= 0.6 is 0 Å². The van der Waals surface area contributed by atoms with Crippen molar-refractivity contribution in [2.24, 2.45) is 10.2 Å². The van der Waals surface area contributed by atoms with Gasteiger partial charge in [0.05, 0.1) is 25.9 Å². The zero-order valence-corrected chi connectivity index (χ0v) is 14.9. The van der Waals surface area contributed by atoms with Gasteiger partial charge in [-0.2, -0.15) is 10.2 Å². The first-order valence-corrected chi connectivity index (χ1v) is 8.28. The van der Waals surface area contributed by atoms with Crippen molar-refractivity contribution in [3.05, 3.63) is 54.1 Å². The lowest BCUT2D eigenvalue weighted by molar-refractivity contribution is -0.117. The number of ketones is 1. The van der Waals surface area contributed by atoms with Crippen LogP contribution in [0.5, 0.6) is 11.5 Å². The summed E-state index contributed by atoms with van der Waals surface area (Å²) in [6.45, 7) is 1.60. The number of hydrogen-bond acceptors (Lipinski definition) is 5. The number of ether oxygens (including phenoxy) is 2. The quantitative estimate of drug-likeness (QED) is 0.618. The van der Waals surface area contributed by atoms with Crippen molar-refractivity contribution in [1.29, 1.82) is 0 Å². The first-order chi connectivity index (χ1) is 12.1. The van der Waals surface area contributed by atoms with Crippen LogP contribution in [0.4, 0.5) is 5.69 Å². The van der Waals surface area contributed by atoms with Gasteiger partial charge in [0, 0.05) is 6.42 Å². The number of carbonyl (C=O) groups excluding carboxylic acids is 1. The number of benzene rings is 2. The Hall–Kier alpha value is -2.69. The van der Waals surface area contributed by atoms with Crippen LogP contribution < -0.4 is 9.47 Å². The van der Waals surface area contributed by atoms with E-state index in [0.717, 1.165) is 29.2 Å². The summed E-state index contributed by atoms with van der Waals surface area (Å²) in [6.07, 6.45) is 1.92. The van der Waals surface area contributed by atoms with Crippen molar-refractivity contribution in [3.8, 4) is 11.5 Å². The van der Waals surface area contributed by atoms with E-state index in [0.29, 0.717) is 12.8 Å². The third kappa shape index (κ3) is 6.37. The van der Waals surface area contributed by atoms with Gasteiger partial charge in [0.1, 0.15) is 17.3 Å². The summed E-state index contributed by atoms with van der Waals surface area (Å²) in [5.41, 5.74) is 1.91. The summed E-state index contributed by atoms with van der Waals surface area (Å²) in [5, 5.41) is 8.78. The summed E-state index contributed by atoms with van der Waals surface area (Å²) < 4.78 is 10.3. The summed E-state index contributed by atoms with van der Waals surface area (Å²) in [6, 6.07) is 15.3. The molecule has 0 N–H and O–H groups in total. The molecule has 0 aliphatic rings. The van der Waals surface area contributed by atoms with E-state index in [9.17, 15) is 4.79 Å². The summed E-state index contributed by atoms with van der Waals surface area (Å²) >= 11 is 0. The number of methoxy groups -OCH3 is 2. The minimum atomic E-state index is -0.0422. The second-order valence-electron chi connectivity index (χ2n) is 5.86. The molecule has 0 bridgehead atoms. The van der Waals surface area contributed by atoms with Crippen LogP contribution in [0, 0.1) is 0 Å². The van der Waals surface area contributed by atoms with Gasteiger partial charge in [-0.1, -0.05) is 12.1 Å². The minimum absolute atomic E-state index is 0.0422. The van der Waals surface area contributed by atoms with Crippen molar-refractivity contribution in [3.63, 3.8) is 0 Å². The molecule has 0 saturated heterocycles. The molecule has 0 radical (unpaired) electrons. The minimum Gasteiger partial charge on any atom is -0.497 e. The van der Waals surface area contributed by atoms with Gasteiger partial charge >= 0.3 is 0 Å². The Morgan fingerprint density at radius 2 is 1.52 bits per heavy atom. The van der Waals surface area contributed by atoms with Gasteiger partial charge < -0.3 is 14.3 Å². The van der Waals surface area contributed by atoms with Crippen LogP contribution in [0.3, 0.4) is 0 Å². The number of azo groups is 1. The lowest BCUT2D eigenvalue weighted by Crippen LogP contribution is -2.10. The van der Waals surface area contributed by atoms with Crippen molar-refractivity contribution in [2.45, 2.75) is 32.2 Å². The Kier molecular flexibility index (Phi) is 7.14. The average molecular weight is 340 g/mol. The molecule has 0 saturated carbocycles. The van der Waals surface area contributed by atoms with Crippen LogP contribution in [-0.4, -0.2) is 26.0 Å². The number of rotatable bonds is 9. The zero-order valence-electron chi connectivity index (χ0n) is 14.9. The maximum absolute atomic E-state index is 11.3. The first-order valence-electron chi connectivity index (χ1n) is 8.28. The van der Waals surface area contributed by atoms with E-state index in [4.69, 9.17) is 9.47 Å². The highest BCUT2D eigenvalue weighted by Gasteiger charge is 2.10. The fraction of sp³-hybridized carbons (Fsp3) is 0.350. The fourth-order valence-electron chi connectivity index (χ4n) is 2.40. The molecular weight excluding hydrogens is 316 g/mol. The van der Waals surface area contributed by atoms with Crippen LogP contribution in [0.1, 0.15) is 25.3 Å². The maximum Gasteiger partial charge on any atom is 0.129 e. The van der Waals surface area contributed by atoms with Gasteiger partial charge in [0.2, 0.25) is 0 Å². The lowest BCUT2D eigenvalue weighted by atomic mass is 10.0. The van der Waals surface area contributed by atoms with E-state index in [1.165, 1.54) is 0 Å². The Morgan fingerprint density at radius 3 is 2.04 bits per heavy atom. The Bertz CT molecular complexity index is 694. The highest BCUT2D eigenvalue weighted by atomic mass is 16.5. The molecule has 0 aliphatic heterocycles. The van der Waals surface area contributed by atoms with Crippen molar-refractivity contribution in [1.82, 2.24) is 0 Å². The lowest BCUT2D eigenvalue weighted by Gasteiger charge is -2.11. The van der Waals surface area contributed by atoms with Crippen LogP contribution in [0.25, 0.3) is 0 Å². The van der Waals surface area contributed by atoms with Crippen LogP contribution in [0.2, 0.25) is 0 Å². The second-order valence-corrected chi connectivity index (χ2v) is 5.86. The number of hydrogen-bond donors (Lipinski definition) is 0. The van der Waals surface area contributed by atoms with Gasteiger partial charge in [-0.05, 0) is 61.7 Å². The molecule has 1 unspecified atom stereocenters. The first kappa shape index (κ1) is 18.6. The average Bonchev–Trinajstić information content (AvgIpc) is 2.64. The smallest absolute Gasteiger partial charge is 0.129 e. The van der Waals surface area contributed by atoms with E-state index in [-0.39, 0.29) is 11.8 Å². The van der Waals surface area contributed by atoms with E-state index in [2.05, 4.69) is 10.2 Å². The predicted octanol–water partition coefficient (Wildman–Crippen LogP) is 4.77. The molecule has 132 valence electrons. The highest BCUT2D eigenvalue weighted by Crippen LogP contribution is 2.21. The number of Topliss-reactive ketones (excluding diaryl/α,β-unsaturated/α-hetero) is 1. The molecule has 0 amide bonds. The molecule has 5 nitrogen and oxygen atoms in total. The third-order valence-electron chi connectivity index (χ3n) is 3.87. The van der Waals surface area contributed by atoms with Crippen LogP contribution in [-0.2, 0) is 11.2 Å². The second kappa shape index (κ2) is 9.57. The monoisotopic (exact) mass is 340 g/mol. The molecule has 2 aromatic carbocycles. The molecule has 0 fully saturated rings. The molecule has 2 aromatic rings. The molecule has 5 heteroatoms. The number of carbonyl (C=O) groups is 1. The molecule has 25 heavy (non-hydrogen) atoms. The predicted molar refractivity (Wildman–Crippen MR) is 97.9 cm³/mol. The Morgan fingerprint density at radius 1 is 0.960 bits per heavy atom. The van der Waals surface area contributed by atoms with Crippen molar-refractivity contribution >= 4 is 11.5 Å². The Balaban J connectivity index is 2.07. The molecular formula is C20H24N2O3. The van der Waals surface area contributed by atoms with Gasteiger partial charge in [0.15, 0.2) is 0 Å². The summed E-state index contributed by atoms with van der Waals surface area (Å²) in [5.74, 6) is 1.77. The summed E-state index contributed by atoms with van der Waals surface area (Å²) in [7, 11) is 3.27. The molecule has 0 heterocycles. The van der Waals surface area contributed by atoms with Crippen molar-refractivity contribution in [2.75, 3.05) is 14.2 Å². The van der Waals surface area contributed by atoms with E-state index in [1.54, 1.807) is 21.1 Å². The van der Waals surface area contributed by atoms with Gasteiger partial charge in [-0.15, -0.1) is 0 Å². The molecule has 1 atom stereocenters. The van der Waals surface area contributed by atoms with Gasteiger partial charge in [-0.25, -0.2) is 0 Å². The third-order valence-corrected chi connectivity index (χ3v) is 3.87. The normalized spacial score (nSPS) is 12.1. The summed E-state index contributed by atoms with van der Waals surface area (Å²) in [4.78, 5) is 11.3. The molecule has 0 spiro atoms. The highest BCUT2D eigenvalue weighted by molar-refractivity contribution is 5.75. The molecule has 2 rings (SSSR count). The van der Waals surface area contributed by atoms with E-state index < -0.39 is 0 Å². The largest absolute Gasteiger partial charge is 0.497 e. The van der Waals surface area contributed by atoms with Gasteiger partial charge in [-0.3, -0.25) is 0 Å². The fourth-order valence-corrected chi connectivity index (χ4v) is 2.40. The molecule has 0 aromatic heterocycles. The van der Waals surface area contributed by atoms with E-state index in [1.807, 2.05) is 48.5 Å². The van der Waals surface area contributed by atoms with Crippen LogP contribution in [0.15, 0.2) is 58.8 Å². The topological polar surface area (TPSA) is 60.2 Å².